The van der Waals surface area contributed by atoms with Gasteiger partial charge in [0.1, 0.15) is 11.6 Å². The van der Waals surface area contributed by atoms with Crippen LogP contribution in [0.15, 0.2) is 12.1 Å². The summed E-state index contributed by atoms with van der Waals surface area (Å²) < 4.78 is 46.0. The van der Waals surface area contributed by atoms with E-state index in [-0.39, 0.29) is 24.3 Å². The Balaban J connectivity index is 2.95. The van der Waals surface area contributed by atoms with E-state index in [1.165, 1.54) is 0 Å². The summed E-state index contributed by atoms with van der Waals surface area (Å²) in [6.45, 7) is -1.31. The first-order chi connectivity index (χ1) is 8.43. The highest BCUT2D eigenvalue weighted by atomic mass is 19.3. The van der Waals surface area contributed by atoms with Gasteiger partial charge in [0.25, 0.3) is 0 Å². The molecule has 0 aliphatic heterocycles. The lowest BCUT2D eigenvalue weighted by Gasteiger charge is -2.10. The van der Waals surface area contributed by atoms with E-state index in [1.807, 2.05) is 0 Å². The van der Waals surface area contributed by atoms with Gasteiger partial charge in [-0.2, -0.15) is 8.78 Å². The number of esters is 1. The number of hydrogen-bond donors (Lipinski definition) is 1. The SMILES string of the molecule is CCOC(=O)Cc1cc(OC(F)F)cc(F)c1N. The maximum atomic E-state index is 13.3. The maximum Gasteiger partial charge on any atom is 0.387 e. The molecule has 0 unspecified atom stereocenters. The molecule has 0 aliphatic rings. The molecule has 100 valence electrons. The van der Waals surface area contributed by atoms with Gasteiger partial charge in [0.2, 0.25) is 0 Å². The molecule has 1 rings (SSSR count). The molecule has 0 aromatic heterocycles. The molecule has 1 aromatic carbocycles. The van der Waals surface area contributed by atoms with E-state index in [1.54, 1.807) is 6.92 Å². The third kappa shape index (κ3) is 3.83. The summed E-state index contributed by atoms with van der Waals surface area (Å²) in [6.07, 6.45) is -0.309. The average Bonchev–Trinajstić information content (AvgIpc) is 2.24. The summed E-state index contributed by atoms with van der Waals surface area (Å²) in [4.78, 5) is 11.2. The Morgan fingerprint density at radius 2 is 2.11 bits per heavy atom. The van der Waals surface area contributed by atoms with Crippen molar-refractivity contribution in [2.24, 2.45) is 0 Å². The molecule has 0 fully saturated rings. The Morgan fingerprint density at radius 3 is 2.67 bits per heavy atom. The van der Waals surface area contributed by atoms with Gasteiger partial charge < -0.3 is 15.2 Å². The van der Waals surface area contributed by atoms with Crippen molar-refractivity contribution in [2.75, 3.05) is 12.3 Å². The molecular formula is C11H12F3NO3. The number of carbonyl (C=O) groups excluding carboxylic acids is 1. The molecule has 0 saturated carbocycles. The predicted octanol–water partition coefficient (Wildman–Crippen LogP) is 2.11. The highest BCUT2D eigenvalue weighted by Gasteiger charge is 2.15. The maximum absolute atomic E-state index is 13.3. The van der Waals surface area contributed by atoms with Gasteiger partial charge in [-0.15, -0.1) is 0 Å². The summed E-state index contributed by atoms with van der Waals surface area (Å²) in [5, 5.41) is 0. The van der Waals surface area contributed by atoms with Gasteiger partial charge in [-0.1, -0.05) is 0 Å². The largest absolute Gasteiger partial charge is 0.466 e. The van der Waals surface area contributed by atoms with Crippen LogP contribution in [-0.2, 0) is 16.0 Å². The summed E-state index contributed by atoms with van der Waals surface area (Å²) >= 11 is 0. The van der Waals surface area contributed by atoms with E-state index < -0.39 is 24.1 Å². The topological polar surface area (TPSA) is 61.5 Å². The molecule has 0 amide bonds. The number of anilines is 1. The highest BCUT2D eigenvalue weighted by molar-refractivity contribution is 5.75. The lowest BCUT2D eigenvalue weighted by atomic mass is 10.1. The van der Waals surface area contributed by atoms with Crippen LogP contribution in [0.5, 0.6) is 5.75 Å². The molecular weight excluding hydrogens is 251 g/mol. The van der Waals surface area contributed by atoms with Gasteiger partial charge in [-0.05, 0) is 18.6 Å². The number of nitrogen functional groups attached to an aromatic ring is 1. The predicted molar refractivity (Wildman–Crippen MR) is 57.8 cm³/mol. The van der Waals surface area contributed by atoms with Crippen LogP contribution < -0.4 is 10.5 Å². The minimum Gasteiger partial charge on any atom is -0.466 e. The molecule has 0 atom stereocenters. The van der Waals surface area contributed by atoms with E-state index in [4.69, 9.17) is 5.73 Å². The fourth-order valence-corrected chi connectivity index (χ4v) is 1.33. The van der Waals surface area contributed by atoms with Crippen LogP contribution in [0.4, 0.5) is 18.9 Å². The van der Waals surface area contributed by atoms with Gasteiger partial charge in [0.05, 0.1) is 18.7 Å². The third-order valence-electron chi connectivity index (χ3n) is 2.05. The van der Waals surface area contributed by atoms with Crippen LogP contribution in [0.1, 0.15) is 12.5 Å². The number of carbonyl (C=O) groups is 1. The van der Waals surface area contributed by atoms with Crippen LogP contribution in [-0.4, -0.2) is 19.2 Å². The minimum absolute atomic E-state index is 0.0455. The Bertz CT molecular complexity index is 438. The molecule has 18 heavy (non-hydrogen) atoms. The molecule has 0 radical (unpaired) electrons. The second-order valence-corrected chi connectivity index (χ2v) is 3.34. The van der Waals surface area contributed by atoms with E-state index in [0.717, 1.165) is 12.1 Å². The second-order valence-electron chi connectivity index (χ2n) is 3.34. The number of nitrogens with two attached hydrogens (primary N) is 1. The Morgan fingerprint density at radius 1 is 1.44 bits per heavy atom. The molecule has 0 aliphatic carbocycles. The third-order valence-corrected chi connectivity index (χ3v) is 2.05. The fourth-order valence-electron chi connectivity index (χ4n) is 1.33. The van der Waals surface area contributed by atoms with Crippen molar-refractivity contribution in [1.29, 1.82) is 0 Å². The van der Waals surface area contributed by atoms with Gasteiger partial charge in [-0.3, -0.25) is 4.79 Å². The summed E-state index contributed by atoms with van der Waals surface area (Å²) in [5.74, 6) is -1.94. The molecule has 0 heterocycles. The van der Waals surface area contributed by atoms with Crippen LogP contribution in [0.2, 0.25) is 0 Å². The summed E-state index contributed by atoms with van der Waals surface area (Å²) in [6, 6.07) is 1.82. The van der Waals surface area contributed by atoms with Gasteiger partial charge in [0, 0.05) is 6.07 Å². The smallest absolute Gasteiger partial charge is 0.387 e. The number of alkyl halides is 2. The minimum atomic E-state index is -3.08. The quantitative estimate of drug-likeness (QED) is 0.653. The van der Waals surface area contributed by atoms with Gasteiger partial charge >= 0.3 is 12.6 Å². The molecule has 2 N–H and O–H groups in total. The molecule has 0 bridgehead atoms. The van der Waals surface area contributed by atoms with E-state index in [9.17, 15) is 18.0 Å². The second kappa shape index (κ2) is 6.13. The Labute approximate surface area is 101 Å². The Kier molecular flexibility index (Phi) is 4.82. The lowest BCUT2D eigenvalue weighted by molar-refractivity contribution is -0.142. The molecule has 7 heteroatoms. The molecule has 4 nitrogen and oxygen atoms in total. The first-order valence-electron chi connectivity index (χ1n) is 5.12. The number of benzene rings is 1. The van der Waals surface area contributed by atoms with Crippen molar-refractivity contribution in [1.82, 2.24) is 0 Å². The van der Waals surface area contributed by atoms with Crippen molar-refractivity contribution < 1.29 is 27.4 Å². The van der Waals surface area contributed by atoms with Crippen molar-refractivity contribution in [3.63, 3.8) is 0 Å². The van der Waals surface area contributed by atoms with Gasteiger partial charge in [0.15, 0.2) is 0 Å². The average molecular weight is 263 g/mol. The first-order valence-corrected chi connectivity index (χ1v) is 5.12. The highest BCUT2D eigenvalue weighted by Crippen LogP contribution is 2.25. The lowest BCUT2D eigenvalue weighted by Crippen LogP contribution is -2.11. The van der Waals surface area contributed by atoms with Crippen molar-refractivity contribution in [3.8, 4) is 5.75 Å². The van der Waals surface area contributed by atoms with E-state index in [2.05, 4.69) is 9.47 Å². The van der Waals surface area contributed by atoms with Crippen LogP contribution in [0.25, 0.3) is 0 Å². The van der Waals surface area contributed by atoms with Gasteiger partial charge in [-0.25, -0.2) is 4.39 Å². The van der Waals surface area contributed by atoms with Crippen LogP contribution in [0, 0.1) is 5.82 Å². The van der Waals surface area contributed by atoms with E-state index >= 15 is 0 Å². The number of rotatable bonds is 5. The molecule has 0 saturated heterocycles. The number of hydrogen-bond acceptors (Lipinski definition) is 4. The van der Waals surface area contributed by atoms with Crippen molar-refractivity contribution in [3.05, 3.63) is 23.5 Å². The van der Waals surface area contributed by atoms with E-state index in [0.29, 0.717) is 0 Å². The molecule has 1 aromatic rings. The van der Waals surface area contributed by atoms with Crippen LogP contribution in [0.3, 0.4) is 0 Å². The fraction of sp³-hybridized carbons (Fsp3) is 0.364. The van der Waals surface area contributed by atoms with Crippen LogP contribution >= 0.6 is 0 Å². The Hall–Kier alpha value is -1.92. The zero-order valence-corrected chi connectivity index (χ0v) is 9.58. The first kappa shape index (κ1) is 14.1. The van der Waals surface area contributed by atoms with Crippen molar-refractivity contribution >= 4 is 11.7 Å². The van der Waals surface area contributed by atoms with Crippen molar-refractivity contribution in [2.45, 2.75) is 20.0 Å². The zero-order valence-electron chi connectivity index (χ0n) is 9.58. The normalized spacial score (nSPS) is 10.5. The zero-order chi connectivity index (χ0) is 13.7. The summed E-state index contributed by atoms with van der Waals surface area (Å²) in [7, 11) is 0. The monoisotopic (exact) mass is 263 g/mol. The summed E-state index contributed by atoms with van der Waals surface area (Å²) in [5.41, 5.74) is 5.16. The number of ether oxygens (including phenoxy) is 2. The molecule has 0 spiro atoms. The standard InChI is InChI=1S/C11H12F3NO3/c1-2-17-9(16)4-6-3-7(18-11(13)14)5-8(12)10(6)15/h3,5,11H,2,4,15H2,1H3. The number of halogens is 3.